The van der Waals surface area contributed by atoms with Gasteiger partial charge in [-0.2, -0.15) is 0 Å². The van der Waals surface area contributed by atoms with Crippen LogP contribution in [0.25, 0.3) is 10.9 Å². The molecule has 0 bridgehead atoms. The maximum atomic E-state index is 12.0. The lowest BCUT2D eigenvalue weighted by Gasteiger charge is -2.05. The number of aromatic nitrogens is 1. The minimum absolute atomic E-state index is 0.329. The Hall–Kier alpha value is -2.75. The quantitative estimate of drug-likeness (QED) is 0.732. The van der Waals surface area contributed by atoms with Crippen LogP contribution in [-0.4, -0.2) is 24.7 Å². The summed E-state index contributed by atoms with van der Waals surface area (Å²) in [5.41, 5.74) is 2.52. The normalized spacial score (nSPS) is 10.6. The van der Waals surface area contributed by atoms with Gasteiger partial charge in [-0.15, -0.1) is 0 Å². The van der Waals surface area contributed by atoms with Crippen molar-refractivity contribution >= 4 is 16.9 Å². The van der Waals surface area contributed by atoms with Crippen molar-refractivity contribution in [2.24, 2.45) is 0 Å². The molecule has 0 spiro atoms. The average molecular weight is 295 g/mol. The SMILES string of the molecule is COc1ccc(CCOC(=O)c2cc3ccccc3[nH]2)cc1. The number of rotatable bonds is 5. The third kappa shape index (κ3) is 3.11. The van der Waals surface area contributed by atoms with Gasteiger partial charge in [0.1, 0.15) is 11.4 Å². The number of hydrogen-bond acceptors (Lipinski definition) is 3. The Labute approximate surface area is 128 Å². The van der Waals surface area contributed by atoms with Crippen LogP contribution in [0.3, 0.4) is 0 Å². The van der Waals surface area contributed by atoms with Crippen molar-refractivity contribution < 1.29 is 14.3 Å². The molecule has 0 aliphatic heterocycles. The number of carbonyl (C=O) groups is 1. The lowest BCUT2D eigenvalue weighted by Crippen LogP contribution is -2.08. The lowest BCUT2D eigenvalue weighted by atomic mass is 10.1. The molecule has 0 aliphatic carbocycles. The second kappa shape index (κ2) is 6.35. The van der Waals surface area contributed by atoms with E-state index in [0.29, 0.717) is 18.7 Å². The molecule has 3 aromatic rings. The Morgan fingerprint density at radius 2 is 1.86 bits per heavy atom. The monoisotopic (exact) mass is 295 g/mol. The minimum Gasteiger partial charge on any atom is -0.497 e. The van der Waals surface area contributed by atoms with Crippen LogP contribution in [0.15, 0.2) is 54.6 Å². The van der Waals surface area contributed by atoms with Gasteiger partial charge in [-0.25, -0.2) is 4.79 Å². The Morgan fingerprint density at radius 1 is 1.09 bits per heavy atom. The molecule has 2 aromatic carbocycles. The minimum atomic E-state index is -0.329. The predicted octanol–water partition coefficient (Wildman–Crippen LogP) is 3.58. The fourth-order valence-corrected chi connectivity index (χ4v) is 2.31. The topological polar surface area (TPSA) is 51.3 Å². The Kier molecular flexibility index (Phi) is 4.10. The van der Waals surface area contributed by atoms with Crippen LogP contribution < -0.4 is 4.74 Å². The second-order valence-corrected chi connectivity index (χ2v) is 5.00. The van der Waals surface area contributed by atoms with E-state index >= 15 is 0 Å². The van der Waals surface area contributed by atoms with E-state index in [0.717, 1.165) is 22.2 Å². The van der Waals surface area contributed by atoms with Crippen molar-refractivity contribution in [3.63, 3.8) is 0 Å². The summed E-state index contributed by atoms with van der Waals surface area (Å²) in [5.74, 6) is 0.489. The number of fused-ring (bicyclic) bond motifs is 1. The summed E-state index contributed by atoms with van der Waals surface area (Å²) in [6.07, 6.45) is 0.677. The van der Waals surface area contributed by atoms with E-state index in [9.17, 15) is 4.79 Å². The van der Waals surface area contributed by atoms with Crippen molar-refractivity contribution in [1.29, 1.82) is 0 Å². The lowest BCUT2D eigenvalue weighted by molar-refractivity contribution is 0.0503. The van der Waals surface area contributed by atoms with E-state index in [2.05, 4.69) is 4.98 Å². The number of para-hydroxylation sites is 1. The number of nitrogens with one attached hydrogen (secondary N) is 1. The molecule has 0 atom stereocenters. The van der Waals surface area contributed by atoms with Gasteiger partial charge in [-0.1, -0.05) is 30.3 Å². The van der Waals surface area contributed by atoms with Crippen LogP contribution in [0.4, 0.5) is 0 Å². The molecule has 4 heteroatoms. The van der Waals surface area contributed by atoms with E-state index in [1.165, 1.54) is 0 Å². The predicted molar refractivity (Wildman–Crippen MR) is 85.3 cm³/mol. The van der Waals surface area contributed by atoms with Gasteiger partial charge in [-0.05, 0) is 29.8 Å². The van der Waals surface area contributed by atoms with Crippen LogP contribution in [0.1, 0.15) is 16.1 Å². The zero-order valence-corrected chi connectivity index (χ0v) is 12.3. The maximum Gasteiger partial charge on any atom is 0.354 e. The van der Waals surface area contributed by atoms with Crippen molar-refractivity contribution in [3.05, 3.63) is 65.9 Å². The van der Waals surface area contributed by atoms with E-state index < -0.39 is 0 Å². The average Bonchev–Trinajstić information content (AvgIpc) is 2.99. The first-order valence-corrected chi connectivity index (χ1v) is 7.14. The summed E-state index contributed by atoms with van der Waals surface area (Å²) in [6, 6.07) is 17.3. The molecule has 1 heterocycles. The van der Waals surface area contributed by atoms with Gasteiger partial charge in [0, 0.05) is 17.3 Å². The van der Waals surface area contributed by atoms with Gasteiger partial charge in [0.15, 0.2) is 0 Å². The molecule has 0 saturated heterocycles. The Morgan fingerprint density at radius 3 is 2.59 bits per heavy atom. The highest BCUT2D eigenvalue weighted by molar-refractivity contribution is 5.94. The third-order valence-corrected chi connectivity index (χ3v) is 3.53. The van der Waals surface area contributed by atoms with Crippen LogP contribution in [-0.2, 0) is 11.2 Å². The number of benzene rings is 2. The highest BCUT2D eigenvalue weighted by Gasteiger charge is 2.10. The number of ether oxygens (including phenoxy) is 2. The summed E-state index contributed by atoms with van der Waals surface area (Å²) in [6.45, 7) is 0.348. The van der Waals surface area contributed by atoms with Crippen molar-refractivity contribution in [2.45, 2.75) is 6.42 Å². The molecule has 0 unspecified atom stereocenters. The Bertz CT molecular complexity index is 741. The molecule has 1 aromatic heterocycles. The van der Waals surface area contributed by atoms with Crippen molar-refractivity contribution in [2.75, 3.05) is 13.7 Å². The number of methoxy groups -OCH3 is 1. The maximum absolute atomic E-state index is 12.0. The van der Waals surface area contributed by atoms with Gasteiger partial charge in [-0.3, -0.25) is 0 Å². The van der Waals surface area contributed by atoms with E-state index in [1.807, 2.05) is 54.6 Å². The third-order valence-electron chi connectivity index (χ3n) is 3.53. The van der Waals surface area contributed by atoms with Crippen molar-refractivity contribution in [1.82, 2.24) is 4.98 Å². The fourth-order valence-electron chi connectivity index (χ4n) is 2.31. The van der Waals surface area contributed by atoms with Crippen LogP contribution in [0.2, 0.25) is 0 Å². The molecule has 0 aliphatic rings. The molecular formula is C18H17NO3. The Balaban J connectivity index is 1.57. The number of aromatic amines is 1. The highest BCUT2D eigenvalue weighted by atomic mass is 16.5. The number of carbonyl (C=O) groups excluding carboxylic acids is 1. The molecule has 1 N–H and O–H groups in total. The van der Waals surface area contributed by atoms with Gasteiger partial charge >= 0.3 is 5.97 Å². The van der Waals surface area contributed by atoms with Gasteiger partial charge in [0.25, 0.3) is 0 Å². The first-order valence-electron chi connectivity index (χ1n) is 7.14. The first-order chi connectivity index (χ1) is 10.8. The van der Waals surface area contributed by atoms with Crippen LogP contribution >= 0.6 is 0 Å². The molecule has 0 fully saturated rings. The van der Waals surface area contributed by atoms with E-state index in [-0.39, 0.29) is 5.97 Å². The van der Waals surface area contributed by atoms with Gasteiger partial charge in [0.05, 0.1) is 13.7 Å². The number of H-pyrrole nitrogens is 1. The summed E-state index contributed by atoms with van der Waals surface area (Å²) < 4.78 is 10.4. The summed E-state index contributed by atoms with van der Waals surface area (Å²) in [4.78, 5) is 15.1. The van der Waals surface area contributed by atoms with Gasteiger partial charge < -0.3 is 14.5 Å². The summed E-state index contributed by atoms with van der Waals surface area (Å²) in [5, 5.41) is 1.00. The molecule has 3 rings (SSSR count). The zero-order chi connectivity index (χ0) is 15.4. The highest BCUT2D eigenvalue weighted by Crippen LogP contribution is 2.16. The molecule has 0 amide bonds. The van der Waals surface area contributed by atoms with Crippen LogP contribution in [0.5, 0.6) is 5.75 Å². The second-order valence-electron chi connectivity index (χ2n) is 5.00. The standard InChI is InChI=1S/C18H17NO3/c1-21-15-8-6-13(7-9-15)10-11-22-18(20)17-12-14-4-2-3-5-16(14)19-17/h2-9,12,19H,10-11H2,1H3. The molecule has 112 valence electrons. The zero-order valence-electron chi connectivity index (χ0n) is 12.3. The van der Waals surface area contributed by atoms with Crippen molar-refractivity contribution in [3.8, 4) is 5.75 Å². The molecule has 0 saturated carbocycles. The summed E-state index contributed by atoms with van der Waals surface area (Å²) in [7, 11) is 1.64. The largest absolute Gasteiger partial charge is 0.497 e. The van der Waals surface area contributed by atoms with Crippen LogP contribution in [0, 0.1) is 0 Å². The number of esters is 1. The smallest absolute Gasteiger partial charge is 0.354 e. The first kappa shape index (κ1) is 14.2. The van der Waals surface area contributed by atoms with E-state index in [1.54, 1.807) is 7.11 Å². The molecule has 0 radical (unpaired) electrons. The fraction of sp³-hybridized carbons (Fsp3) is 0.167. The number of hydrogen-bond donors (Lipinski definition) is 1. The molecule has 4 nitrogen and oxygen atoms in total. The van der Waals surface area contributed by atoms with Gasteiger partial charge in [0.2, 0.25) is 0 Å². The summed E-state index contributed by atoms with van der Waals surface area (Å²) >= 11 is 0. The molecule has 22 heavy (non-hydrogen) atoms. The molecular weight excluding hydrogens is 278 g/mol. The van der Waals surface area contributed by atoms with E-state index in [4.69, 9.17) is 9.47 Å².